The predicted octanol–water partition coefficient (Wildman–Crippen LogP) is 2.28. The van der Waals surface area contributed by atoms with Crippen LogP contribution in [0.5, 0.6) is 0 Å². The minimum atomic E-state index is -4.81. The van der Waals surface area contributed by atoms with Crippen molar-refractivity contribution in [1.29, 1.82) is 0 Å². The van der Waals surface area contributed by atoms with Gasteiger partial charge in [0.15, 0.2) is 5.37 Å². The highest BCUT2D eigenvalue weighted by atomic mass is 33.1. The number of rotatable bonds is 13. The molecule has 5 N–H and O–H groups in total. The molecule has 0 aromatic heterocycles. The van der Waals surface area contributed by atoms with Gasteiger partial charge in [0.05, 0.1) is 13.5 Å². The number of carbonyl (C=O) groups is 4. The van der Waals surface area contributed by atoms with Crippen LogP contribution in [0.25, 0.3) is 0 Å². The zero-order valence-electron chi connectivity index (χ0n) is 19.3. The summed E-state index contributed by atoms with van der Waals surface area (Å²) in [5, 5.41) is 0.776. The number of ether oxygens (including phenoxy) is 1. The molecule has 1 aliphatic rings. The van der Waals surface area contributed by atoms with Crippen molar-refractivity contribution in [2.45, 2.75) is 75.5 Å². The van der Waals surface area contributed by atoms with Crippen molar-refractivity contribution in [3.63, 3.8) is 0 Å². The average molecular weight is 565 g/mol. The molecule has 12 nitrogen and oxygen atoms in total. The maximum absolute atomic E-state index is 12.1. The molecule has 1 saturated heterocycles. The highest BCUT2D eigenvalue weighted by molar-refractivity contribution is 8.77. The number of hydrogen-bond donors (Lipinski definition) is 4. The Balaban J connectivity index is 0.00000529. The molecule has 1 aliphatic heterocycles. The highest BCUT2D eigenvalue weighted by Gasteiger charge is 2.33. The van der Waals surface area contributed by atoms with Crippen molar-refractivity contribution < 1.29 is 48.0 Å². The van der Waals surface area contributed by atoms with Crippen molar-refractivity contribution in [2.75, 3.05) is 12.9 Å². The van der Waals surface area contributed by atoms with Gasteiger partial charge >= 0.3 is 24.7 Å². The summed E-state index contributed by atoms with van der Waals surface area (Å²) in [7, 11) is 4.79. The molecule has 1 heterocycles. The van der Waals surface area contributed by atoms with Crippen LogP contribution in [0.2, 0.25) is 0 Å². The summed E-state index contributed by atoms with van der Waals surface area (Å²) in [5.41, 5.74) is 5.50. The predicted molar refractivity (Wildman–Crippen MR) is 131 cm³/mol. The third-order valence-corrected chi connectivity index (χ3v) is 9.30. The van der Waals surface area contributed by atoms with E-state index in [0.717, 1.165) is 32.1 Å². The van der Waals surface area contributed by atoms with Crippen LogP contribution in [-0.4, -0.2) is 63.1 Å². The lowest BCUT2D eigenvalue weighted by molar-refractivity contribution is -0.259. The number of unbranched alkanes of at least 4 members (excludes halogenated alkanes) is 1. The third kappa shape index (κ3) is 15.8. The van der Waals surface area contributed by atoms with Crippen molar-refractivity contribution in [3.8, 4) is 0 Å². The Hall–Kier alpha value is -0.960. The van der Waals surface area contributed by atoms with Crippen LogP contribution >= 0.6 is 39.8 Å². The molecule has 16 heteroatoms. The summed E-state index contributed by atoms with van der Waals surface area (Å²) in [6.07, 6.45) is 2.99. The van der Waals surface area contributed by atoms with E-state index in [1.54, 1.807) is 0 Å². The maximum Gasteiger partial charge on any atom is 0.388 e. The first-order valence-corrected chi connectivity index (χ1v) is 16.1. The van der Waals surface area contributed by atoms with E-state index in [2.05, 4.69) is 14.5 Å². The van der Waals surface area contributed by atoms with E-state index >= 15 is 0 Å². The molecular formula is C18H33N2O10PS3. The molecule has 2 unspecified atom stereocenters. The van der Waals surface area contributed by atoms with Gasteiger partial charge in [-0.1, -0.05) is 41.9 Å². The zero-order valence-corrected chi connectivity index (χ0v) is 22.6. The lowest BCUT2D eigenvalue weighted by Crippen LogP contribution is -2.40. The average Bonchev–Trinajstić information content (AvgIpc) is 3.31. The van der Waals surface area contributed by atoms with Crippen LogP contribution in [0.1, 0.15) is 58.8 Å². The van der Waals surface area contributed by atoms with Gasteiger partial charge < -0.3 is 25.6 Å². The van der Waals surface area contributed by atoms with Crippen LogP contribution in [0.15, 0.2) is 0 Å². The third-order valence-electron chi connectivity index (χ3n) is 4.04. The molecule has 1 amide bonds. The van der Waals surface area contributed by atoms with Crippen LogP contribution in [0, 0.1) is 0 Å². The van der Waals surface area contributed by atoms with Gasteiger partial charge in [-0.15, -0.1) is 0 Å². The maximum atomic E-state index is 12.1. The van der Waals surface area contributed by atoms with Gasteiger partial charge in [-0.25, -0.2) is 23.9 Å². The van der Waals surface area contributed by atoms with E-state index in [1.165, 1.54) is 0 Å². The monoisotopic (exact) mass is 564 g/mol. The molecule has 0 aromatic carbocycles. The number of hydrogen-bond acceptors (Lipinski definition) is 12. The highest BCUT2D eigenvalue weighted by Crippen LogP contribution is 2.52. The molecule has 0 radical (unpaired) electrons. The fourth-order valence-corrected chi connectivity index (χ4v) is 7.27. The van der Waals surface area contributed by atoms with Gasteiger partial charge in [0, 0.05) is 17.4 Å². The molecule has 1 rings (SSSR count). The second-order valence-corrected chi connectivity index (χ2v) is 13.2. The van der Waals surface area contributed by atoms with Crippen LogP contribution in [0.3, 0.4) is 0 Å². The van der Waals surface area contributed by atoms with Crippen molar-refractivity contribution in [2.24, 2.45) is 5.73 Å². The molecule has 34 heavy (non-hydrogen) atoms. The van der Waals surface area contributed by atoms with Crippen molar-refractivity contribution in [1.82, 2.24) is 5.32 Å². The van der Waals surface area contributed by atoms with Gasteiger partial charge in [0.1, 0.15) is 6.04 Å². The first-order valence-electron chi connectivity index (χ1n) is 10.6. The molecule has 3 atom stereocenters. The summed E-state index contributed by atoms with van der Waals surface area (Å²) in [6.45, 7) is -0.812. The topological polar surface area (TPSA) is 192 Å². The summed E-state index contributed by atoms with van der Waals surface area (Å²) in [4.78, 5) is 74.0. The molecule has 0 aliphatic carbocycles. The first-order chi connectivity index (χ1) is 16.0. The molecule has 0 bridgehead atoms. The normalized spacial score (nSPS) is 16.9. The Labute approximate surface area is 210 Å². The Bertz CT molecular complexity index is 703. The quantitative estimate of drug-likeness (QED) is 0.0484. The Morgan fingerprint density at radius 1 is 1.15 bits per heavy atom. The summed E-state index contributed by atoms with van der Waals surface area (Å²) < 4.78 is 15.7. The molecule has 1 fully saturated rings. The second-order valence-electron chi connectivity index (χ2n) is 6.64. The number of methoxy groups -OCH3 is 1. The SMILES string of the molecule is CC.COC(=O)C(N)CCC(=O)N[C@@H](SP(=O)(O)O)C(=O)OOC(=O)CCCCC1CCSS1. The number of nitrogens with two attached hydrogens (primary N) is 1. The van der Waals surface area contributed by atoms with E-state index < -0.39 is 42.0 Å². The second kappa shape index (κ2) is 18.3. The van der Waals surface area contributed by atoms with Crippen LogP contribution in [-0.2, 0) is 38.3 Å². The van der Waals surface area contributed by atoms with E-state index in [0.29, 0.717) is 11.7 Å². The van der Waals surface area contributed by atoms with Gasteiger partial charge in [-0.2, -0.15) is 0 Å². The van der Waals surface area contributed by atoms with Crippen molar-refractivity contribution in [3.05, 3.63) is 0 Å². The van der Waals surface area contributed by atoms with Gasteiger partial charge in [0.2, 0.25) is 5.91 Å². The van der Waals surface area contributed by atoms with E-state index in [4.69, 9.17) is 15.5 Å². The van der Waals surface area contributed by atoms with Gasteiger partial charge in [0.25, 0.3) is 0 Å². The standard InChI is InChI=1S/C16H27N2O10PS3.C2H6/c1-26-15(21)11(17)6-7-12(19)18-14(31-29(23,24)25)16(22)28-27-13(20)5-3-2-4-10-8-9-30-32-10;1-2/h10-11,14H,2-9,17H2,1H3,(H,18,19)(H2,23,24,25);1-2H3/t10?,11?,14-;/m0./s1. The minimum absolute atomic E-state index is 0.00584. The lowest BCUT2D eigenvalue weighted by atomic mass is 10.1. The van der Waals surface area contributed by atoms with Gasteiger partial charge in [-0.05, 0) is 37.1 Å². The summed E-state index contributed by atoms with van der Waals surface area (Å²) >= 11 is -0.188. The van der Waals surface area contributed by atoms with E-state index in [1.807, 2.05) is 40.8 Å². The summed E-state index contributed by atoms with van der Waals surface area (Å²) in [5.74, 6) is -2.65. The fraction of sp³-hybridized carbons (Fsp3) is 0.778. The smallest absolute Gasteiger partial charge is 0.388 e. The Morgan fingerprint density at radius 2 is 1.82 bits per heavy atom. The lowest BCUT2D eigenvalue weighted by Gasteiger charge is -2.16. The van der Waals surface area contributed by atoms with E-state index in [9.17, 15) is 23.7 Å². The van der Waals surface area contributed by atoms with Gasteiger partial charge in [-0.3, -0.25) is 9.59 Å². The fourth-order valence-electron chi connectivity index (χ4n) is 2.42. The largest absolute Gasteiger partial charge is 0.468 e. The van der Waals surface area contributed by atoms with Crippen LogP contribution < -0.4 is 11.1 Å². The molecule has 0 aromatic rings. The first kappa shape index (κ1) is 33.0. The van der Waals surface area contributed by atoms with E-state index in [-0.39, 0.29) is 30.6 Å². The molecule has 0 spiro atoms. The number of carbonyl (C=O) groups excluding carboxylic acids is 4. The number of nitrogens with one attached hydrogen (secondary N) is 1. The van der Waals surface area contributed by atoms with Crippen molar-refractivity contribution >= 4 is 63.6 Å². The number of esters is 1. The zero-order chi connectivity index (χ0) is 26.1. The molecule has 198 valence electrons. The molecular weight excluding hydrogens is 531 g/mol. The Morgan fingerprint density at radius 3 is 2.38 bits per heavy atom. The summed E-state index contributed by atoms with van der Waals surface area (Å²) in [6, 6.07) is -1.09. The minimum Gasteiger partial charge on any atom is -0.468 e. The Kier molecular flexibility index (Phi) is 17.8. The van der Waals surface area contributed by atoms with Crippen LogP contribution in [0.4, 0.5) is 0 Å². The number of amides is 1. The molecule has 0 saturated carbocycles.